The van der Waals surface area contributed by atoms with Gasteiger partial charge in [-0.2, -0.15) is 0 Å². The number of hydrogen-bond acceptors (Lipinski definition) is 3. The second kappa shape index (κ2) is 5.25. The van der Waals surface area contributed by atoms with Crippen molar-refractivity contribution in [3.63, 3.8) is 0 Å². The van der Waals surface area contributed by atoms with E-state index in [1.165, 1.54) is 0 Å². The van der Waals surface area contributed by atoms with Gasteiger partial charge < -0.3 is 5.11 Å². The zero-order valence-electron chi connectivity index (χ0n) is 11.6. The van der Waals surface area contributed by atoms with E-state index in [2.05, 4.69) is 10.3 Å². The van der Waals surface area contributed by atoms with Crippen molar-refractivity contribution in [1.29, 1.82) is 0 Å². The highest BCUT2D eigenvalue weighted by atomic mass is 35.5. The molecule has 2 rings (SSSR count). The Labute approximate surface area is 122 Å². The molecule has 0 saturated heterocycles. The highest BCUT2D eigenvalue weighted by Gasteiger charge is 2.29. The van der Waals surface area contributed by atoms with Gasteiger partial charge in [0.2, 0.25) is 0 Å². The lowest BCUT2D eigenvalue weighted by Gasteiger charge is -2.20. The van der Waals surface area contributed by atoms with Crippen LogP contribution in [0, 0.1) is 0 Å². The minimum Gasteiger partial charge on any atom is -0.476 e. The van der Waals surface area contributed by atoms with Crippen molar-refractivity contribution in [2.45, 2.75) is 32.7 Å². The van der Waals surface area contributed by atoms with E-state index in [4.69, 9.17) is 11.6 Å². The van der Waals surface area contributed by atoms with Crippen molar-refractivity contribution in [3.05, 3.63) is 46.2 Å². The summed E-state index contributed by atoms with van der Waals surface area (Å²) in [5.74, 6) is -1.07. The van der Waals surface area contributed by atoms with E-state index in [-0.39, 0.29) is 11.1 Å². The largest absolute Gasteiger partial charge is 0.476 e. The first kappa shape index (κ1) is 14.5. The van der Waals surface area contributed by atoms with Gasteiger partial charge in [0.15, 0.2) is 5.69 Å². The van der Waals surface area contributed by atoms with Crippen LogP contribution in [0.3, 0.4) is 0 Å². The number of benzene rings is 1. The number of hydrogen-bond donors (Lipinski definition) is 1. The molecule has 0 fully saturated rings. The van der Waals surface area contributed by atoms with Crippen molar-refractivity contribution in [2.24, 2.45) is 0 Å². The lowest BCUT2D eigenvalue weighted by Crippen LogP contribution is -2.22. The van der Waals surface area contributed by atoms with Crippen LogP contribution in [0.2, 0.25) is 5.02 Å². The van der Waals surface area contributed by atoms with Crippen LogP contribution in [-0.4, -0.2) is 26.1 Å². The number of halogens is 1. The molecule has 0 saturated carbocycles. The summed E-state index contributed by atoms with van der Waals surface area (Å²) in [5, 5.41) is 17.6. The molecule has 1 aromatic heterocycles. The van der Waals surface area contributed by atoms with Crippen LogP contribution >= 0.6 is 11.6 Å². The maximum atomic E-state index is 11.3. The minimum absolute atomic E-state index is 0.00967. The number of aromatic carboxylic acids is 1. The molecule has 0 atom stereocenters. The van der Waals surface area contributed by atoms with Gasteiger partial charge in [-0.3, -0.25) is 0 Å². The predicted octanol–water partition coefficient (Wildman–Crippen LogP) is 2.98. The highest BCUT2D eigenvalue weighted by molar-refractivity contribution is 6.31. The molecule has 0 amide bonds. The average Bonchev–Trinajstić information content (AvgIpc) is 2.76. The first-order chi connectivity index (χ1) is 9.30. The van der Waals surface area contributed by atoms with Gasteiger partial charge in [-0.05, 0) is 11.6 Å². The van der Waals surface area contributed by atoms with Crippen LogP contribution < -0.4 is 0 Å². The Balaban J connectivity index is 2.48. The summed E-state index contributed by atoms with van der Waals surface area (Å²) in [7, 11) is 0. The van der Waals surface area contributed by atoms with Crippen molar-refractivity contribution in [3.8, 4) is 0 Å². The summed E-state index contributed by atoms with van der Waals surface area (Å²) in [5.41, 5.74) is 1.08. The molecule has 1 N–H and O–H groups in total. The fourth-order valence-electron chi connectivity index (χ4n) is 2.10. The molecule has 0 unspecified atom stereocenters. The van der Waals surface area contributed by atoms with E-state index in [1.54, 1.807) is 10.7 Å². The quantitative estimate of drug-likeness (QED) is 0.944. The topological polar surface area (TPSA) is 68.0 Å². The number of nitrogens with zero attached hydrogens (tertiary/aromatic N) is 3. The van der Waals surface area contributed by atoms with Crippen LogP contribution in [0.5, 0.6) is 0 Å². The Kier molecular flexibility index (Phi) is 3.81. The third-order valence-electron chi connectivity index (χ3n) is 2.93. The van der Waals surface area contributed by atoms with E-state index in [1.807, 2.05) is 39.0 Å². The molecule has 0 aliphatic rings. The van der Waals surface area contributed by atoms with Gasteiger partial charge in [0.25, 0.3) is 0 Å². The van der Waals surface area contributed by atoms with E-state index in [9.17, 15) is 9.90 Å². The second-order valence-corrected chi connectivity index (χ2v) is 6.00. The molecular formula is C14H16ClN3O2. The molecule has 2 aromatic rings. The van der Waals surface area contributed by atoms with Crippen LogP contribution in [0.15, 0.2) is 24.3 Å². The predicted molar refractivity (Wildman–Crippen MR) is 76.2 cm³/mol. The van der Waals surface area contributed by atoms with Crippen molar-refractivity contribution in [1.82, 2.24) is 15.0 Å². The molecule has 6 heteroatoms. The molecule has 1 heterocycles. The first-order valence-electron chi connectivity index (χ1n) is 6.21. The fraction of sp³-hybridized carbons (Fsp3) is 0.357. The third kappa shape index (κ3) is 2.82. The van der Waals surface area contributed by atoms with Gasteiger partial charge in [0, 0.05) is 10.4 Å². The monoisotopic (exact) mass is 293 g/mol. The van der Waals surface area contributed by atoms with Crippen LogP contribution in [0.4, 0.5) is 0 Å². The Morgan fingerprint density at radius 3 is 2.55 bits per heavy atom. The van der Waals surface area contributed by atoms with Gasteiger partial charge in [-0.15, -0.1) is 5.10 Å². The van der Waals surface area contributed by atoms with Crippen molar-refractivity contribution >= 4 is 17.6 Å². The smallest absolute Gasteiger partial charge is 0.358 e. The highest BCUT2D eigenvalue weighted by Crippen LogP contribution is 2.26. The summed E-state index contributed by atoms with van der Waals surface area (Å²) in [6.07, 6.45) is 0. The second-order valence-electron chi connectivity index (χ2n) is 5.59. The number of carboxylic acids is 1. The van der Waals surface area contributed by atoms with E-state index in [0.717, 1.165) is 5.56 Å². The van der Waals surface area contributed by atoms with Gasteiger partial charge in [0.1, 0.15) is 0 Å². The minimum atomic E-state index is -1.07. The summed E-state index contributed by atoms with van der Waals surface area (Å²) < 4.78 is 1.60. The van der Waals surface area contributed by atoms with Crippen LogP contribution in [-0.2, 0) is 12.0 Å². The molecule has 0 spiro atoms. The molecular weight excluding hydrogens is 278 g/mol. The molecule has 0 bridgehead atoms. The van der Waals surface area contributed by atoms with E-state index >= 15 is 0 Å². The normalized spacial score (nSPS) is 11.6. The standard InChI is InChI=1S/C14H16ClN3O2/c1-14(2,3)12-11(13(19)20)16-17-18(12)8-9-6-4-5-7-10(9)15/h4-7H,8H2,1-3H3,(H,19,20). The lowest BCUT2D eigenvalue weighted by molar-refractivity contribution is 0.0687. The Hall–Kier alpha value is -1.88. The molecule has 5 nitrogen and oxygen atoms in total. The Bertz CT molecular complexity index is 644. The van der Waals surface area contributed by atoms with Crippen LogP contribution in [0.1, 0.15) is 42.5 Å². The lowest BCUT2D eigenvalue weighted by atomic mass is 9.90. The van der Waals surface area contributed by atoms with E-state index < -0.39 is 5.97 Å². The molecule has 0 aliphatic heterocycles. The Morgan fingerprint density at radius 1 is 1.35 bits per heavy atom. The van der Waals surface area contributed by atoms with Crippen LogP contribution in [0.25, 0.3) is 0 Å². The zero-order valence-corrected chi connectivity index (χ0v) is 12.3. The maximum Gasteiger partial charge on any atom is 0.358 e. The average molecular weight is 294 g/mol. The maximum absolute atomic E-state index is 11.3. The molecule has 0 aliphatic carbocycles. The number of carbonyl (C=O) groups is 1. The molecule has 20 heavy (non-hydrogen) atoms. The summed E-state index contributed by atoms with van der Waals surface area (Å²) in [6.45, 7) is 6.19. The number of aromatic nitrogens is 3. The Morgan fingerprint density at radius 2 is 2.00 bits per heavy atom. The summed E-state index contributed by atoms with van der Waals surface area (Å²) >= 11 is 6.13. The van der Waals surface area contributed by atoms with Gasteiger partial charge >= 0.3 is 5.97 Å². The first-order valence-corrected chi connectivity index (χ1v) is 6.59. The van der Waals surface area contributed by atoms with Gasteiger partial charge in [-0.25, -0.2) is 9.48 Å². The molecule has 106 valence electrons. The third-order valence-corrected chi connectivity index (χ3v) is 3.29. The molecule has 0 radical (unpaired) electrons. The SMILES string of the molecule is CC(C)(C)c1c(C(=O)O)nnn1Cc1ccccc1Cl. The number of carboxylic acid groups (broad SMARTS) is 1. The van der Waals surface area contributed by atoms with Gasteiger partial charge in [-0.1, -0.05) is 55.8 Å². The summed E-state index contributed by atoms with van der Waals surface area (Å²) in [4.78, 5) is 11.3. The molecule has 1 aromatic carbocycles. The van der Waals surface area contributed by atoms with Gasteiger partial charge in [0.05, 0.1) is 12.2 Å². The van der Waals surface area contributed by atoms with E-state index in [0.29, 0.717) is 17.3 Å². The van der Waals surface area contributed by atoms with Crippen molar-refractivity contribution < 1.29 is 9.90 Å². The summed E-state index contributed by atoms with van der Waals surface area (Å²) in [6, 6.07) is 7.41. The fourth-order valence-corrected chi connectivity index (χ4v) is 2.29. The zero-order chi connectivity index (χ0) is 14.9. The van der Waals surface area contributed by atoms with Crippen molar-refractivity contribution in [2.75, 3.05) is 0 Å². The number of rotatable bonds is 3.